The summed E-state index contributed by atoms with van der Waals surface area (Å²) in [6.45, 7) is 0. The summed E-state index contributed by atoms with van der Waals surface area (Å²) >= 11 is 2.88. The van der Waals surface area contributed by atoms with Gasteiger partial charge in [0.25, 0.3) is 10.0 Å². The minimum absolute atomic E-state index is 0.0425. The van der Waals surface area contributed by atoms with Crippen molar-refractivity contribution in [2.75, 3.05) is 10.5 Å². The summed E-state index contributed by atoms with van der Waals surface area (Å²) in [6, 6.07) is 4.13. The highest BCUT2D eigenvalue weighted by Crippen LogP contribution is 2.27. The lowest BCUT2D eigenvalue weighted by molar-refractivity contribution is 0.599. The second-order valence-electron chi connectivity index (χ2n) is 3.77. The van der Waals surface area contributed by atoms with Gasteiger partial charge in [-0.15, -0.1) is 0 Å². The van der Waals surface area contributed by atoms with Crippen molar-refractivity contribution in [1.29, 1.82) is 0 Å². The van der Waals surface area contributed by atoms with Crippen LogP contribution in [-0.2, 0) is 10.0 Å². The second-order valence-corrected chi connectivity index (χ2v) is 6.28. The van der Waals surface area contributed by atoms with Crippen LogP contribution in [0.3, 0.4) is 0 Å². The van der Waals surface area contributed by atoms with E-state index in [9.17, 15) is 17.2 Å². The van der Waals surface area contributed by atoms with E-state index < -0.39 is 21.7 Å². The molecule has 0 fully saturated rings. The number of sulfonamides is 1. The molecule has 5 nitrogen and oxygen atoms in total. The van der Waals surface area contributed by atoms with Crippen LogP contribution >= 0.6 is 15.9 Å². The molecule has 0 saturated heterocycles. The molecular weight excluding hydrogens is 356 g/mol. The number of rotatable bonds is 3. The zero-order valence-corrected chi connectivity index (χ0v) is 12.2. The summed E-state index contributed by atoms with van der Waals surface area (Å²) in [5.74, 6) is -1.36. The fraction of sp³-hybridized carbons (Fsp3) is 0. The van der Waals surface area contributed by atoms with Gasteiger partial charge in [-0.05, 0) is 40.2 Å². The van der Waals surface area contributed by atoms with Gasteiger partial charge in [0.15, 0.2) is 0 Å². The summed E-state index contributed by atoms with van der Waals surface area (Å²) in [7, 11) is -4.05. The molecule has 106 valence electrons. The maximum absolute atomic E-state index is 13.2. The molecule has 0 saturated carbocycles. The smallest absolute Gasteiger partial charge is 0.265 e. The van der Waals surface area contributed by atoms with Crippen molar-refractivity contribution in [3.8, 4) is 0 Å². The lowest BCUT2D eigenvalue weighted by Crippen LogP contribution is -2.16. The van der Waals surface area contributed by atoms with Crippen LogP contribution in [0.2, 0.25) is 0 Å². The molecule has 0 unspecified atom stereocenters. The molecule has 0 bridgehead atoms. The Bertz CT molecular complexity index is 751. The largest absolute Gasteiger partial charge is 0.398 e. The molecule has 20 heavy (non-hydrogen) atoms. The third kappa shape index (κ3) is 3.05. The Morgan fingerprint density at radius 2 is 1.95 bits per heavy atom. The lowest BCUT2D eigenvalue weighted by atomic mass is 10.3. The number of hydrogen-bond acceptors (Lipinski definition) is 4. The zero-order valence-electron chi connectivity index (χ0n) is 9.77. The Morgan fingerprint density at radius 1 is 1.25 bits per heavy atom. The van der Waals surface area contributed by atoms with E-state index in [1.807, 2.05) is 0 Å². The van der Waals surface area contributed by atoms with Crippen LogP contribution in [0.5, 0.6) is 0 Å². The Kier molecular flexibility index (Phi) is 3.91. The van der Waals surface area contributed by atoms with Crippen molar-refractivity contribution in [3.05, 3.63) is 46.6 Å². The van der Waals surface area contributed by atoms with Gasteiger partial charge in [0.2, 0.25) is 0 Å². The summed E-state index contributed by atoms with van der Waals surface area (Å²) in [4.78, 5) is 3.26. The molecule has 0 aliphatic heterocycles. The van der Waals surface area contributed by atoms with Crippen molar-refractivity contribution in [1.82, 2.24) is 4.98 Å². The van der Waals surface area contributed by atoms with Crippen LogP contribution in [0.4, 0.5) is 20.3 Å². The number of halogens is 3. The number of nitrogens with zero attached hydrogens (tertiary/aromatic N) is 1. The van der Waals surface area contributed by atoms with Crippen LogP contribution in [0.1, 0.15) is 0 Å². The van der Waals surface area contributed by atoms with E-state index in [1.165, 1.54) is 0 Å². The van der Waals surface area contributed by atoms with Crippen molar-refractivity contribution in [3.63, 3.8) is 0 Å². The Labute approximate surface area is 122 Å². The molecular formula is C11H8BrF2N3O2S. The molecule has 1 heterocycles. The number of anilines is 2. The van der Waals surface area contributed by atoms with E-state index >= 15 is 0 Å². The maximum atomic E-state index is 13.2. The molecule has 0 atom stereocenters. The van der Waals surface area contributed by atoms with Gasteiger partial charge in [-0.25, -0.2) is 22.2 Å². The summed E-state index contributed by atoms with van der Waals surface area (Å²) in [5.41, 5.74) is 5.24. The quantitative estimate of drug-likeness (QED) is 0.820. The van der Waals surface area contributed by atoms with Crippen molar-refractivity contribution >= 4 is 37.5 Å². The third-order valence-corrected chi connectivity index (χ3v) is 4.33. The van der Waals surface area contributed by atoms with Gasteiger partial charge < -0.3 is 5.73 Å². The second kappa shape index (κ2) is 5.33. The average Bonchev–Trinajstić information content (AvgIpc) is 2.36. The molecule has 9 heteroatoms. The number of benzene rings is 1. The standard InChI is InChI=1S/C11H8BrF2N3O2S/c12-7-3-10(9(15)4-8(7)14)20(18,19)17-11-2-1-6(13)5-16-11/h1-5H,15H2,(H,16,17). The predicted molar refractivity (Wildman–Crippen MR) is 73.5 cm³/mol. The summed E-state index contributed by atoms with van der Waals surface area (Å²) < 4.78 is 52.2. The zero-order chi connectivity index (χ0) is 14.9. The molecule has 1 aromatic heterocycles. The Hall–Kier alpha value is -1.74. The monoisotopic (exact) mass is 363 g/mol. The highest BCUT2D eigenvalue weighted by Gasteiger charge is 2.20. The molecule has 0 spiro atoms. The average molecular weight is 364 g/mol. The number of nitrogen functional groups attached to an aromatic ring is 1. The topological polar surface area (TPSA) is 85.1 Å². The van der Waals surface area contributed by atoms with Crippen molar-refractivity contribution in [2.45, 2.75) is 4.90 Å². The van der Waals surface area contributed by atoms with Crippen LogP contribution in [-0.4, -0.2) is 13.4 Å². The minimum atomic E-state index is -4.05. The Morgan fingerprint density at radius 3 is 2.55 bits per heavy atom. The normalized spacial score (nSPS) is 11.3. The van der Waals surface area contributed by atoms with Crippen LogP contribution in [0.15, 0.2) is 39.8 Å². The predicted octanol–water partition coefficient (Wildman–Crippen LogP) is 2.51. The first-order valence-corrected chi connectivity index (χ1v) is 7.46. The van der Waals surface area contributed by atoms with E-state index in [0.29, 0.717) is 0 Å². The van der Waals surface area contributed by atoms with Gasteiger partial charge in [-0.2, -0.15) is 0 Å². The number of hydrogen-bond donors (Lipinski definition) is 2. The van der Waals surface area contributed by atoms with E-state index in [2.05, 4.69) is 25.6 Å². The van der Waals surface area contributed by atoms with Gasteiger partial charge in [0, 0.05) is 0 Å². The summed E-state index contributed by atoms with van der Waals surface area (Å²) in [5, 5.41) is 0. The van der Waals surface area contributed by atoms with E-state index in [4.69, 9.17) is 5.73 Å². The number of pyridine rings is 1. The van der Waals surface area contributed by atoms with Crippen molar-refractivity contribution < 1.29 is 17.2 Å². The number of nitrogens with two attached hydrogens (primary N) is 1. The fourth-order valence-electron chi connectivity index (χ4n) is 1.41. The van der Waals surface area contributed by atoms with Crippen LogP contribution in [0.25, 0.3) is 0 Å². The summed E-state index contributed by atoms with van der Waals surface area (Å²) in [6.07, 6.45) is 0.863. The SMILES string of the molecule is Nc1cc(F)c(Br)cc1S(=O)(=O)Nc1ccc(F)cn1. The minimum Gasteiger partial charge on any atom is -0.398 e. The van der Waals surface area contributed by atoms with Gasteiger partial charge in [0.1, 0.15) is 22.3 Å². The number of nitrogens with one attached hydrogen (secondary N) is 1. The molecule has 0 radical (unpaired) electrons. The number of aromatic nitrogens is 1. The molecule has 3 N–H and O–H groups in total. The van der Waals surface area contributed by atoms with Gasteiger partial charge in [0.05, 0.1) is 16.4 Å². The molecule has 0 aliphatic rings. The first-order chi connectivity index (χ1) is 9.29. The highest BCUT2D eigenvalue weighted by molar-refractivity contribution is 9.10. The lowest BCUT2D eigenvalue weighted by Gasteiger charge is -2.10. The molecule has 0 amide bonds. The van der Waals surface area contributed by atoms with Crippen molar-refractivity contribution in [2.24, 2.45) is 0 Å². The fourth-order valence-corrected chi connectivity index (χ4v) is 3.05. The first-order valence-electron chi connectivity index (χ1n) is 5.18. The van der Waals surface area contributed by atoms with Gasteiger partial charge in [-0.1, -0.05) is 0 Å². The van der Waals surface area contributed by atoms with Gasteiger partial charge >= 0.3 is 0 Å². The van der Waals surface area contributed by atoms with Crippen LogP contribution < -0.4 is 10.5 Å². The van der Waals surface area contributed by atoms with Crippen LogP contribution in [0, 0.1) is 11.6 Å². The molecule has 2 rings (SSSR count). The Balaban J connectivity index is 2.40. The van der Waals surface area contributed by atoms with E-state index in [-0.39, 0.29) is 20.9 Å². The van der Waals surface area contributed by atoms with Gasteiger partial charge in [-0.3, -0.25) is 4.72 Å². The molecule has 1 aromatic carbocycles. The van der Waals surface area contributed by atoms with E-state index in [0.717, 1.165) is 30.5 Å². The maximum Gasteiger partial charge on any atom is 0.265 e. The first kappa shape index (κ1) is 14.7. The highest BCUT2D eigenvalue weighted by atomic mass is 79.9. The molecule has 2 aromatic rings. The third-order valence-electron chi connectivity index (χ3n) is 2.31. The molecule has 0 aliphatic carbocycles. The van der Waals surface area contributed by atoms with E-state index in [1.54, 1.807) is 0 Å².